The highest BCUT2D eigenvalue weighted by Gasteiger charge is 1.95. The third-order valence-electron chi connectivity index (χ3n) is 3.83. The first-order chi connectivity index (χ1) is 11.7. The maximum Gasteiger partial charge on any atom is 0.118 e. The summed E-state index contributed by atoms with van der Waals surface area (Å²) in [5.74, 6) is 0.874. The fourth-order valence-electron chi connectivity index (χ4n) is 2.39. The van der Waals surface area contributed by atoms with Crippen LogP contribution in [0, 0.1) is 6.92 Å². The van der Waals surface area contributed by atoms with Crippen LogP contribution in [0.5, 0.6) is 5.75 Å². The van der Waals surface area contributed by atoms with Crippen LogP contribution in [0.4, 0.5) is 11.4 Å². The fraction of sp³-hybridized carbons (Fsp3) is 0.0909. The van der Waals surface area contributed by atoms with Crippen LogP contribution >= 0.6 is 0 Å². The smallest absolute Gasteiger partial charge is 0.118 e. The molecular formula is C22H21NO. The van der Waals surface area contributed by atoms with Gasteiger partial charge in [0.15, 0.2) is 0 Å². The lowest BCUT2D eigenvalue weighted by Crippen LogP contribution is -1.89. The zero-order valence-corrected chi connectivity index (χ0v) is 14.0. The molecule has 0 atom stereocenters. The van der Waals surface area contributed by atoms with Crippen molar-refractivity contribution in [3.63, 3.8) is 0 Å². The molecule has 0 saturated heterocycles. The molecule has 0 spiro atoms. The molecule has 3 aromatic rings. The largest absolute Gasteiger partial charge is 0.497 e. The Morgan fingerprint density at radius 2 is 1.12 bits per heavy atom. The summed E-state index contributed by atoms with van der Waals surface area (Å²) in [5, 5.41) is 3.41. The summed E-state index contributed by atoms with van der Waals surface area (Å²) in [6, 6.07) is 24.8. The van der Waals surface area contributed by atoms with Gasteiger partial charge in [-0.05, 0) is 54.4 Å². The van der Waals surface area contributed by atoms with Crippen LogP contribution in [-0.2, 0) is 0 Å². The topological polar surface area (TPSA) is 21.3 Å². The number of methoxy groups -OCH3 is 1. The predicted molar refractivity (Wildman–Crippen MR) is 103 cm³/mol. The second-order valence-electron chi connectivity index (χ2n) is 5.72. The molecule has 0 unspecified atom stereocenters. The van der Waals surface area contributed by atoms with E-state index >= 15 is 0 Å². The third kappa shape index (κ3) is 4.26. The second-order valence-corrected chi connectivity index (χ2v) is 5.72. The van der Waals surface area contributed by atoms with Crippen molar-refractivity contribution in [1.82, 2.24) is 0 Å². The number of hydrogen-bond donors (Lipinski definition) is 1. The highest BCUT2D eigenvalue weighted by Crippen LogP contribution is 2.19. The van der Waals surface area contributed by atoms with Crippen molar-refractivity contribution in [3.05, 3.63) is 89.5 Å². The minimum atomic E-state index is 0.874. The average molecular weight is 315 g/mol. The monoisotopic (exact) mass is 315 g/mol. The Balaban J connectivity index is 1.65. The first kappa shape index (κ1) is 15.9. The van der Waals surface area contributed by atoms with Gasteiger partial charge in [-0.1, -0.05) is 54.1 Å². The molecule has 0 aliphatic carbocycles. The van der Waals surface area contributed by atoms with Gasteiger partial charge in [-0.25, -0.2) is 0 Å². The van der Waals surface area contributed by atoms with E-state index in [-0.39, 0.29) is 0 Å². The van der Waals surface area contributed by atoms with E-state index in [1.165, 1.54) is 11.1 Å². The molecule has 0 bridgehead atoms. The van der Waals surface area contributed by atoms with Gasteiger partial charge in [-0.15, -0.1) is 0 Å². The molecule has 0 fully saturated rings. The minimum Gasteiger partial charge on any atom is -0.497 e. The second kappa shape index (κ2) is 7.51. The predicted octanol–water partition coefficient (Wildman–Crippen LogP) is 5.92. The Kier molecular flexibility index (Phi) is 4.97. The lowest BCUT2D eigenvalue weighted by Gasteiger charge is -2.07. The fourth-order valence-corrected chi connectivity index (χ4v) is 2.39. The van der Waals surface area contributed by atoms with E-state index in [2.05, 4.69) is 72.9 Å². The lowest BCUT2D eigenvalue weighted by atomic mass is 10.1. The number of anilines is 2. The van der Waals surface area contributed by atoms with E-state index in [0.717, 1.165) is 22.7 Å². The molecule has 0 radical (unpaired) electrons. The van der Waals surface area contributed by atoms with Crippen LogP contribution < -0.4 is 10.1 Å². The number of nitrogens with one attached hydrogen (secondary N) is 1. The van der Waals surface area contributed by atoms with Gasteiger partial charge in [-0.3, -0.25) is 0 Å². The van der Waals surface area contributed by atoms with Crippen molar-refractivity contribution in [1.29, 1.82) is 0 Å². The number of aryl methyl sites for hydroxylation is 1. The molecule has 2 heteroatoms. The normalized spacial score (nSPS) is 10.8. The summed E-state index contributed by atoms with van der Waals surface area (Å²) >= 11 is 0. The van der Waals surface area contributed by atoms with Gasteiger partial charge in [0.2, 0.25) is 0 Å². The molecule has 3 rings (SSSR count). The van der Waals surface area contributed by atoms with E-state index in [9.17, 15) is 0 Å². The average Bonchev–Trinajstić information content (AvgIpc) is 2.63. The highest BCUT2D eigenvalue weighted by atomic mass is 16.5. The maximum atomic E-state index is 5.17. The number of benzene rings is 3. The number of rotatable bonds is 5. The van der Waals surface area contributed by atoms with E-state index in [1.807, 2.05) is 24.3 Å². The quantitative estimate of drug-likeness (QED) is 0.590. The Morgan fingerprint density at radius 1 is 0.667 bits per heavy atom. The summed E-state index contributed by atoms with van der Waals surface area (Å²) in [6.07, 6.45) is 4.21. The van der Waals surface area contributed by atoms with Crippen molar-refractivity contribution >= 4 is 23.5 Å². The number of ether oxygens (including phenoxy) is 1. The molecular weight excluding hydrogens is 294 g/mol. The Bertz CT molecular complexity index is 800. The van der Waals surface area contributed by atoms with Crippen LogP contribution in [0.25, 0.3) is 12.2 Å². The van der Waals surface area contributed by atoms with E-state index in [1.54, 1.807) is 7.11 Å². The molecule has 0 aliphatic rings. The van der Waals surface area contributed by atoms with Crippen molar-refractivity contribution in [2.24, 2.45) is 0 Å². The third-order valence-corrected chi connectivity index (χ3v) is 3.83. The van der Waals surface area contributed by atoms with Crippen LogP contribution in [0.15, 0.2) is 72.8 Å². The molecule has 0 aromatic heterocycles. The van der Waals surface area contributed by atoms with Crippen molar-refractivity contribution < 1.29 is 4.74 Å². The lowest BCUT2D eigenvalue weighted by molar-refractivity contribution is 0.415. The van der Waals surface area contributed by atoms with Gasteiger partial charge in [-0.2, -0.15) is 0 Å². The van der Waals surface area contributed by atoms with Crippen LogP contribution in [0.3, 0.4) is 0 Å². The summed E-state index contributed by atoms with van der Waals surface area (Å²) in [4.78, 5) is 0. The summed E-state index contributed by atoms with van der Waals surface area (Å²) < 4.78 is 5.17. The molecule has 0 aliphatic heterocycles. The van der Waals surface area contributed by atoms with Gasteiger partial charge < -0.3 is 10.1 Å². The van der Waals surface area contributed by atoms with Gasteiger partial charge in [0.1, 0.15) is 5.75 Å². The van der Waals surface area contributed by atoms with E-state index < -0.39 is 0 Å². The first-order valence-corrected chi connectivity index (χ1v) is 7.99. The Labute approximate surface area is 143 Å². The van der Waals surface area contributed by atoms with Crippen LogP contribution in [0.1, 0.15) is 16.7 Å². The van der Waals surface area contributed by atoms with Crippen LogP contribution in [-0.4, -0.2) is 7.11 Å². The summed E-state index contributed by atoms with van der Waals surface area (Å²) in [7, 11) is 1.68. The van der Waals surface area contributed by atoms with Gasteiger partial charge in [0.05, 0.1) is 7.11 Å². The molecule has 0 heterocycles. The molecule has 120 valence electrons. The zero-order chi connectivity index (χ0) is 16.8. The SMILES string of the molecule is COc1ccc(/C=C/c2ccc(Nc3ccc(C)cc3)cc2)cc1. The molecule has 0 saturated carbocycles. The minimum absolute atomic E-state index is 0.874. The highest BCUT2D eigenvalue weighted by molar-refractivity contribution is 5.71. The molecule has 2 nitrogen and oxygen atoms in total. The Hall–Kier alpha value is -3.00. The van der Waals surface area contributed by atoms with Gasteiger partial charge in [0.25, 0.3) is 0 Å². The standard InChI is InChI=1S/C22H21NO/c1-17-3-11-20(12-4-17)23-21-13-7-18(8-14-21)5-6-19-9-15-22(24-2)16-10-19/h3-16,23H,1-2H3/b6-5+. The van der Waals surface area contributed by atoms with E-state index in [0.29, 0.717) is 0 Å². The van der Waals surface area contributed by atoms with Crippen molar-refractivity contribution in [2.45, 2.75) is 6.92 Å². The summed E-state index contributed by atoms with van der Waals surface area (Å²) in [6.45, 7) is 2.09. The van der Waals surface area contributed by atoms with Gasteiger partial charge >= 0.3 is 0 Å². The maximum absolute atomic E-state index is 5.17. The van der Waals surface area contributed by atoms with Crippen molar-refractivity contribution in [2.75, 3.05) is 12.4 Å². The summed E-state index contributed by atoms with van der Waals surface area (Å²) in [5.41, 5.74) is 5.76. The van der Waals surface area contributed by atoms with E-state index in [4.69, 9.17) is 4.74 Å². The van der Waals surface area contributed by atoms with Gasteiger partial charge in [0, 0.05) is 11.4 Å². The Morgan fingerprint density at radius 3 is 1.62 bits per heavy atom. The molecule has 3 aromatic carbocycles. The molecule has 0 amide bonds. The number of hydrogen-bond acceptors (Lipinski definition) is 2. The van der Waals surface area contributed by atoms with Crippen LogP contribution in [0.2, 0.25) is 0 Å². The molecule has 1 N–H and O–H groups in total. The first-order valence-electron chi connectivity index (χ1n) is 7.99. The molecule has 24 heavy (non-hydrogen) atoms. The zero-order valence-electron chi connectivity index (χ0n) is 14.0. The van der Waals surface area contributed by atoms with Crippen molar-refractivity contribution in [3.8, 4) is 5.75 Å².